The molecule has 1 aliphatic heterocycles. The number of anilines is 1. The van der Waals surface area contributed by atoms with Gasteiger partial charge in [0.25, 0.3) is 5.56 Å². The fraction of sp³-hybridized carbons (Fsp3) is 0.345. The molecule has 1 saturated heterocycles. The van der Waals surface area contributed by atoms with Crippen molar-refractivity contribution in [2.24, 2.45) is 7.05 Å². The molecule has 0 bridgehead atoms. The van der Waals surface area contributed by atoms with Crippen molar-refractivity contribution in [1.82, 2.24) is 19.2 Å². The molecule has 1 amide bonds. The highest BCUT2D eigenvalue weighted by atomic mass is 16.1. The molecule has 0 atom stereocenters. The minimum atomic E-state index is -0.0967. The Morgan fingerprint density at radius 2 is 1.69 bits per heavy atom. The number of benzene rings is 2. The standard InChI is InChI=1S/C29H33N5O2/c1-20-25(15-16-26(35)30-23-13-11-22(12-14-23)19-33-17-7-8-18-33)29(36)32(3)28-27(20)21(2)31-34(28)24-9-5-4-6-10-24/h4-6,9-14H,7-8,15-19H2,1-3H3,(H,30,35). The largest absolute Gasteiger partial charge is 0.326 e. The number of para-hydroxylation sites is 1. The van der Waals surface area contributed by atoms with E-state index in [1.165, 1.54) is 18.4 Å². The second-order valence-corrected chi connectivity index (χ2v) is 9.73. The molecule has 0 saturated carbocycles. The van der Waals surface area contributed by atoms with Gasteiger partial charge in [-0.05, 0) is 81.6 Å². The van der Waals surface area contributed by atoms with Crippen LogP contribution in [0.2, 0.25) is 0 Å². The van der Waals surface area contributed by atoms with Crippen LogP contribution in [0.3, 0.4) is 0 Å². The molecule has 3 heterocycles. The summed E-state index contributed by atoms with van der Waals surface area (Å²) in [4.78, 5) is 28.5. The highest BCUT2D eigenvalue weighted by Gasteiger charge is 2.20. The molecule has 0 radical (unpaired) electrons. The first-order chi connectivity index (χ1) is 17.4. The van der Waals surface area contributed by atoms with E-state index in [-0.39, 0.29) is 17.9 Å². The van der Waals surface area contributed by atoms with Crippen molar-refractivity contribution in [2.45, 2.75) is 46.1 Å². The maximum absolute atomic E-state index is 13.3. The number of hydrogen-bond acceptors (Lipinski definition) is 4. The van der Waals surface area contributed by atoms with Gasteiger partial charge in [0.2, 0.25) is 5.91 Å². The highest BCUT2D eigenvalue weighted by Crippen LogP contribution is 2.26. The molecule has 5 rings (SSSR count). The molecule has 186 valence electrons. The van der Waals surface area contributed by atoms with Gasteiger partial charge in [0, 0.05) is 36.7 Å². The van der Waals surface area contributed by atoms with Gasteiger partial charge >= 0.3 is 0 Å². The lowest BCUT2D eigenvalue weighted by molar-refractivity contribution is -0.116. The molecular formula is C29H33N5O2. The lowest BCUT2D eigenvalue weighted by atomic mass is 10.0. The second kappa shape index (κ2) is 10.1. The molecule has 4 aromatic rings. The summed E-state index contributed by atoms with van der Waals surface area (Å²) in [5, 5.41) is 8.67. The van der Waals surface area contributed by atoms with E-state index >= 15 is 0 Å². The molecule has 2 aromatic carbocycles. The molecule has 1 N–H and O–H groups in total. The third kappa shape index (κ3) is 4.71. The van der Waals surface area contributed by atoms with Gasteiger partial charge in [0.05, 0.1) is 11.4 Å². The van der Waals surface area contributed by atoms with Gasteiger partial charge in [-0.15, -0.1) is 0 Å². The molecule has 7 heteroatoms. The number of rotatable bonds is 7. The van der Waals surface area contributed by atoms with Crippen molar-refractivity contribution in [1.29, 1.82) is 0 Å². The molecular weight excluding hydrogens is 450 g/mol. The van der Waals surface area contributed by atoms with E-state index in [0.29, 0.717) is 12.0 Å². The summed E-state index contributed by atoms with van der Waals surface area (Å²) in [7, 11) is 1.78. The maximum atomic E-state index is 13.3. The number of carbonyl (C=O) groups excluding carboxylic acids is 1. The first-order valence-electron chi connectivity index (χ1n) is 12.7. The molecule has 0 aliphatic carbocycles. The Morgan fingerprint density at radius 3 is 2.39 bits per heavy atom. The maximum Gasteiger partial charge on any atom is 0.255 e. The summed E-state index contributed by atoms with van der Waals surface area (Å²) < 4.78 is 3.48. The van der Waals surface area contributed by atoms with Crippen molar-refractivity contribution in [3.8, 4) is 5.69 Å². The topological polar surface area (TPSA) is 72.2 Å². The lowest BCUT2D eigenvalue weighted by Crippen LogP contribution is -2.25. The number of nitrogens with zero attached hydrogens (tertiary/aromatic N) is 4. The van der Waals surface area contributed by atoms with Crippen molar-refractivity contribution in [2.75, 3.05) is 18.4 Å². The van der Waals surface area contributed by atoms with Crippen LogP contribution < -0.4 is 10.9 Å². The van der Waals surface area contributed by atoms with Crippen molar-refractivity contribution in [3.05, 3.63) is 87.3 Å². The summed E-state index contributed by atoms with van der Waals surface area (Å²) in [5.41, 5.74) is 6.05. The third-order valence-corrected chi connectivity index (χ3v) is 7.19. The van der Waals surface area contributed by atoms with Crippen LogP contribution in [0.25, 0.3) is 16.7 Å². The van der Waals surface area contributed by atoms with Gasteiger partial charge in [-0.3, -0.25) is 19.1 Å². The summed E-state index contributed by atoms with van der Waals surface area (Å²) in [5.74, 6) is -0.0967. The van der Waals surface area contributed by atoms with Crippen molar-refractivity contribution >= 4 is 22.6 Å². The van der Waals surface area contributed by atoms with E-state index in [2.05, 4.69) is 22.3 Å². The molecule has 36 heavy (non-hydrogen) atoms. The van der Waals surface area contributed by atoms with E-state index in [1.807, 2.05) is 61.0 Å². The number of carbonyl (C=O) groups is 1. The fourth-order valence-corrected chi connectivity index (χ4v) is 5.27. The zero-order valence-corrected chi connectivity index (χ0v) is 21.3. The van der Waals surface area contributed by atoms with Crippen LogP contribution in [-0.4, -0.2) is 38.2 Å². The van der Waals surface area contributed by atoms with Gasteiger partial charge in [0.1, 0.15) is 5.65 Å². The first-order valence-corrected chi connectivity index (χ1v) is 12.7. The molecule has 7 nitrogen and oxygen atoms in total. The predicted molar refractivity (Wildman–Crippen MR) is 144 cm³/mol. The molecule has 2 aromatic heterocycles. The average Bonchev–Trinajstić information content (AvgIpc) is 3.52. The zero-order valence-electron chi connectivity index (χ0n) is 21.3. The number of amides is 1. The highest BCUT2D eigenvalue weighted by molar-refractivity contribution is 5.91. The molecule has 1 fully saturated rings. The number of likely N-dealkylation sites (tertiary alicyclic amines) is 1. The lowest BCUT2D eigenvalue weighted by Gasteiger charge is -2.15. The fourth-order valence-electron chi connectivity index (χ4n) is 5.27. The monoisotopic (exact) mass is 483 g/mol. The van der Waals surface area contributed by atoms with E-state index in [9.17, 15) is 9.59 Å². The summed E-state index contributed by atoms with van der Waals surface area (Å²) in [6, 6.07) is 17.9. The normalized spacial score (nSPS) is 14.0. The van der Waals surface area contributed by atoms with Gasteiger partial charge in [-0.2, -0.15) is 5.10 Å². The minimum absolute atomic E-state index is 0.0869. The number of nitrogens with one attached hydrogen (secondary N) is 1. The van der Waals surface area contributed by atoms with Crippen LogP contribution in [-0.2, 0) is 24.8 Å². The average molecular weight is 484 g/mol. The van der Waals surface area contributed by atoms with E-state index in [1.54, 1.807) is 11.6 Å². The summed E-state index contributed by atoms with van der Waals surface area (Å²) >= 11 is 0. The van der Waals surface area contributed by atoms with Crippen LogP contribution in [0, 0.1) is 13.8 Å². The van der Waals surface area contributed by atoms with E-state index in [0.717, 1.165) is 53.3 Å². The van der Waals surface area contributed by atoms with Crippen LogP contribution in [0.5, 0.6) is 0 Å². The van der Waals surface area contributed by atoms with Crippen molar-refractivity contribution < 1.29 is 4.79 Å². The number of aryl methyl sites for hydroxylation is 3. The minimum Gasteiger partial charge on any atom is -0.326 e. The summed E-state index contributed by atoms with van der Waals surface area (Å²) in [6.45, 7) is 7.20. The number of hydrogen-bond donors (Lipinski definition) is 1. The Bertz CT molecular complexity index is 1450. The first kappa shape index (κ1) is 24.0. The zero-order chi connectivity index (χ0) is 25.2. The Kier molecular flexibility index (Phi) is 6.74. The van der Waals surface area contributed by atoms with Gasteiger partial charge in [-0.25, -0.2) is 4.68 Å². The Balaban J connectivity index is 1.31. The predicted octanol–water partition coefficient (Wildman–Crippen LogP) is 4.51. The number of fused-ring (bicyclic) bond motifs is 1. The van der Waals surface area contributed by atoms with Crippen LogP contribution in [0.15, 0.2) is 59.4 Å². The quantitative estimate of drug-likeness (QED) is 0.420. The molecule has 1 aliphatic rings. The second-order valence-electron chi connectivity index (χ2n) is 9.73. The van der Waals surface area contributed by atoms with Gasteiger partial charge in [-0.1, -0.05) is 30.3 Å². The Labute approximate surface area is 211 Å². The van der Waals surface area contributed by atoms with Crippen LogP contribution >= 0.6 is 0 Å². The summed E-state index contributed by atoms with van der Waals surface area (Å²) in [6.07, 6.45) is 3.17. The molecule has 0 spiro atoms. The number of aromatic nitrogens is 3. The third-order valence-electron chi connectivity index (χ3n) is 7.19. The smallest absolute Gasteiger partial charge is 0.255 e. The van der Waals surface area contributed by atoms with E-state index in [4.69, 9.17) is 5.10 Å². The van der Waals surface area contributed by atoms with Gasteiger partial charge in [0.15, 0.2) is 0 Å². The Morgan fingerprint density at radius 1 is 1.00 bits per heavy atom. The number of pyridine rings is 1. The van der Waals surface area contributed by atoms with Gasteiger partial charge < -0.3 is 5.32 Å². The van der Waals surface area contributed by atoms with Crippen LogP contribution in [0.1, 0.15) is 41.6 Å². The van der Waals surface area contributed by atoms with E-state index < -0.39 is 0 Å². The molecule has 0 unspecified atom stereocenters. The van der Waals surface area contributed by atoms with Crippen molar-refractivity contribution in [3.63, 3.8) is 0 Å². The Hall–Kier alpha value is -3.71. The van der Waals surface area contributed by atoms with Crippen LogP contribution in [0.4, 0.5) is 5.69 Å². The SMILES string of the molecule is Cc1nn(-c2ccccc2)c2c1c(C)c(CCC(=O)Nc1ccc(CN3CCCC3)cc1)c(=O)n2C.